The Labute approximate surface area is 108 Å². The van der Waals surface area contributed by atoms with Crippen molar-refractivity contribution in [2.45, 2.75) is 19.0 Å². The Morgan fingerprint density at radius 1 is 1.32 bits per heavy atom. The van der Waals surface area contributed by atoms with Gasteiger partial charge in [0, 0.05) is 13.1 Å². The molecule has 19 heavy (non-hydrogen) atoms. The van der Waals surface area contributed by atoms with Gasteiger partial charge >= 0.3 is 12.1 Å². The van der Waals surface area contributed by atoms with Crippen LogP contribution in [-0.4, -0.2) is 30.3 Å². The minimum absolute atomic E-state index is 0.0466. The smallest absolute Gasteiger partial charge is 0.393 e. The number of carbonyl (C=O) groups is 1. The van der Waals surface area contributed by atoms with Crippen LogP contribution in [0, 0.1) is 5.92 Å². The predicted octanol–water partition coefficient (Wildman–Crippen LogP) is 3.16. The number of benzene rings is 1. The summed E-state index contributed by atoms with van der Waals surface area (Å²) in [7, 11) is 0. The number of aromatic carboxylic acids is 1. The lowest BCUT2D eigenvalue weighted by atomic mass is 9.96. The Balaban J connectivity index is 2.25. The van der Waals surface area contributed by atoms with Crippen molar-refractivity contribution >= 4 is 11.7 Å². The topological polar surface area (TPSA) is 40.5 Å². The molecular weight excluding hydrogens is 259 g/mol. The summed E-state index contributed by atoms with van der Waals surface area (Å²) in [6.07, 6.45) is -3.70. The highest BCUT2D eigenvalue weighted by Crippen LogP contribution is 2.35. The van der Waals surface area contributed by atoms with Crippen LogP contribution in [0.5, 0.6) is 0 Å². The molecule has 0 aromatic heterocycles. The zero-order valence-corrected chi connectivity index (χ0v) is 10.2. The van der Waals surface area contributed by atoms with Gasteiger partial charge in [0.15, 0.2) is 0 Å². The van der Waals surface area contributed by atoms with Gasteiger partial charge in [-0.15, -0.1) is 0 Å². The first kappa shape index (κ1) is 13.7. The van der Waals surface area contributed by atoms with Crippen molar-refractivity contribution < 1.29 is 23.1 Å². The van der Waals surface area contributed by atoms with Crippen LogP contribution in [0.2, 0.25) is 0 Å². The molecule has 1 aromatic rings. The lowest BCUT2D eigenvalue weighted by molar-refractivity contribution is -0.175. The molecule has 1 heterocycles. The summed E-state index contributed by atoms with van der Waals surface area (Å²) in [5.74, 6) is -2.51. The predicted molar refractivity (Wildman–Crippen MR) is 64.4 cm³/mol. The molecule has 1 N–H and O–H groups in total. The molecule has 0 spiro atoms. The lowest BCUT2D eigenvalue weighted by Gasteiger charge is -2.35. The van der Waals surface area contributed by atoms with Gasteiger partial charge in [-0.25, -0.2) is 4.79 Å². The summed E-state index contributed by atoms with van der Waals surface area (Å²) in [5, 5.41) is 9.07. The second-order valence-electron chi connectivity index (χ2n) is 4.65. The Morgan fingerprint density at radius 3 is 2.63 bits per heavy atom. The summed E-state index contributed by atoms with van der Waals surface area (Å²) in [6.45, 7) is 0.282. The van der Waals surface area contributed by atoms with E-state index in [0.717, 1.165) is 0 Å². The largest absolute Gasteiger partial charge is 0.478 e. The third kappa shape index (κ3) is 3.00. The van der Waals surface area contributed by atoms with Crippen molar-refractivity contribution in [2.24, 2.45) is 5.92 Å². The lowest BCUT2D eigenvalue weighted by Crippen LogP contribution is -2.42. The Bertz CT molecular complexity index is 473. The van der Waals surface area contributed by atoms with Crippen molar-refractivity contribution in [1.29, 1.82) is 0 Å². The molecule has 1 fully saturated rings. The van der Waals surface area contributed by atoms with E-state index in [1.807, 2.05) is 0 Å². The van der Waals surface area contributed by atoms with E-state index in [4.69, 9.17) is 5.11 Å². The van der Waals surface area contributed by atoms with Crippen molar-refractivity contribution in [3.63, 3.8) is 0 Å². The molecular formula is C13H14F3NO2. The van der Waals surface area contributed by atoms with E-state index in [1.165, 1.54) is 11.0 Å². The van der Waals surface area contributed by atoms with E-state index in [1.54, 1.807) is 18.2 Å². The Morgan fingerprint density at radius 2 is 2.00 bits per heavy atom. The molecule has 0 bridgehead atoms. The van der Waals surface area contributed by atoms with E-state index in [-0.39, 0.29) is 18.5 Å². The van der Waals surface area contributed by atoms with E-state index in [0.29, 0.717) is 18.7 Å². The van der Waals surface area contributed by atoms with Gasteiger partial charge in [0.25, 0.3) is 0 Å². The first-order valence-electron chi connectivity index (χ1n) is 6.03. The number of nitrogens with zero attached hydrogens (tertiary/aromatic N) is 1. The number of piperidine rings is 1. The van der Waals surface area contributed by atoms with Crippen molar-refractivity contribution in [2.75, 3.05) is 18.0 Å². The molecule has 6 heteroatoms. The molecule has 0 saturated carbocycles. The van der Waals surface area contributed by atoms with E-state index >= 15 is 0 Å². The fraction of sp³-hybridized carbons (Fsp3) is 0.462. The first-order valence-corrected chi connectivity index (χ1v) is 6.03. The highest BCUT2D eigenvalue weighted by atomic mass is 19.4. The fourth-order valence-electron chi connectivity index (χ4n) is 2.39. The van der Waals surface area contributed by atoms with Gasteiger partial charge in [0.2, 0.25) is 0 Å². The number of anilines is 1. The fourth-order valence-corrected chi connectivity index (χ4v) is 2.39. The number of hydrogen-bond donors (Lipinski definition) is 1. The summed E-state index contributed by atoms with van der Waals surface area (Å²) in [5.41, 5.74) is 0.411. The standard InChI is InChI=1S/C13H14F3NO2/c14-13(15,16)9-4-3-7-17(8-9)11-6-2-1-5-10(11)12(18)19/h1-2,5-6,9H,3-4,7-8H2,(H,18,19). The number of para-hydroxylation sites is 1. The maximum Gasteiger partial charge on any atom is 0.393 e. The van der Waals surface area contributed by atoms with Crippen LogP contribution in [0.1, 0.15) is 23.2 Å². The van der Waals surface area contributed by atoms with Gasteiger partial charge < -0.3 is 10.0 Å². The Kier molecular flexibility index (Phi) is 3.68. The zero-order chi connectivity index (χ0) is 14.0. The molecule has 0 amide bonds. The van der Waals surface area contributed by atoms with Gasteiger partial charge in [-0.3, -0.25) is 0 Å². The van der Waals surface area contributed by atoms with Crippen LogP contribution < -0.4 is 4.90 Å². The molecule has 1 saturated heterocycles. The molecule has 1 aliphatic rings. The van der Waals surface area contributed by atoms with Crippen LogP contribution in [0.15, 0.2) is 24.3 Å². The third-order valence-corrected chi connectivity index (χ3v) is 3.36. The highest BCUT2D eigenvalue weighted by Gasteiger charge is 2.42. The average molecular weight is 273 g/mol. The molecule has 0 aliphatic carbocycles. The second kappa shape index (κ2) is 5.11. The van der Waals surface area contributed by atoms with Gasteiger partial charge in [-0.1, -0.05) is 12.1 Å². The second-order valence-corrected chi connectivity index (χ2v) is 4.65. The van der Waals surface area contributed by atoms with Crippen LogP contribution in [0.25, 0.3) is 0 Å². The van der Waals surface area contributed by atoms with Crippen LogP contribution in [0.4, 0.5) is 18.9 Å². The molecule has 0 radical (unpaired) electrons. The summed E-state index contributed by atoms with van der Waals surface area (Å²) < 4.78 is 38.2. The monoisotopic (exact) mass is 273 g/mol. The number of rotatable bonds is 2. The SMILES string of the molecule is O=C(O)c1ccccc1N1CCCC(C(F)(F)F)C1. The minimum atomic E-state index is -4.23. The number of alkyl halides is 3. The maximum atomic E-state index is 12.7. The van der Waals surface area contributed by atoms with Gasteiger partial charge in [-0.05, 0) is 25.0 Å². The molecule has 104 valence electrons. The third-order valence-electron chi connectivity index (χ3n) is 3.36. The molecule has 1 aromatic carbocycles. The summed E-state index contributed by atoms with van der Waals surface area (Å²) in [6, 6.07) is 6.17. The van der Waals surface area contributed by atoms with Crippen molar-refractivity contribution in [3.05, 3.63) is 29.8 Å². The van der Waals surface area contributed by atoms with E-state index in [2.05, 4.69) is 0 Å². The molecule has 1 unspecified atom stereocenters. The van der Waals surface area contributed by atoms with E-state index < -0.39 is 18.1 Å². The van der Waals surface area contributed by atoms with Crippen molar-refractivity contribution in [1.82, 2.24) is 0 Å². The van der Waals surface area contributed by atoms with Crippen LogP contribution in [0.3, 0.4) is 0 Å². The van der Waals surface area contributed by atoms with Crippen molar-refractivity contribution in [3.8, 4) is 0 Å². The van der Waals surface area contributed by atoms with E-state index in [9.17, 15) is 18.0 Å². The number of halogens is 3. The maximum absolute atomic E-state index is 12.7. The van der Waals surface area contributed by atoms with Crippen LogP contribution in [-0.2, 0) is 0 Å². The minimum Gasteiger partial charge on any atom is -0.478 e. The zero-order valence-electron chi connectivity index (χ0n) is 10.2. The highest BCUT2D eigenvalue weighted by molar-refractivity contribution is 5.94. The van der Waals surface area contributed by atoms with Crippen LogP contribution >= 0.6 is 0 Å². The molecule has 3 nitrogen and oxygen atoms in total. The number of carboxylic acid groups (broad SMARTS) is 1. The van der Waals surface area contributed by atoms with Gasteiger partial charge in [-0.2, -0.15) is 13.2 Å². The molecule has 1 atom stereocenters. The summed E-state index contributed by atoms with van der Waals surface area (Å²) >= 11 is 0. The number of carboxylic acids is 1. The molecule has 1 aliphatic heterocycles. The first-order chi connectivity index (χ1) is 8.89. The van der Waals surface area contributed by atoms with Gasteiger partial charge in [0.05, 0.1) is 17.2 Å². The van der Waals surface area contributed by atoms with Gasteiger partial charge in [0.1, 0.15) is 0 Å². The average Bonchev–Trinajstić information content (AvgIpc) is 2.38. The molecule has 2 rings (SSSR count). The quantitative estimate of drug-likeness (QED) is 0.899. The Hall–Kier alpha value is -1.72. The normalized spacial score (nSPS) is 20.4. The summed E-state index contributed by atoms with van der Waals surface area (Å²) in [4.78, 5) is 12.6. The number of hydrogen-bond acceptors (Lipinski definition) is 2.